The van der Waals surface area contributed by atoms with Crippen LogP contribution in [0.25, 0.3) is 0 Å². The molecule has 4 N–H and O–H groups in total. The van der Waals surface area contributed by atoms with E-state index in [0.717, 1.165) is 5.69 Å². The van der Waals surface area contributed by atoms with Crippen LogP contribution < -0.4 is 11.1 Å². The Morgan fingerprint density at radius 3 is 2.53 bits per heavy atom. The minimum atomic E-state index is -0.617. The summed E-state index contributed by atoms with van der Waals surface area (Å²) in [7, 11) is 1.79. The lowest BCUT2D eigenvalue weighted by molar-refractivity contribution is 0.0943. The number of rotatable bonds is 4. The molecule has 0 aliphatic heterocycles. The van der Waals surface area contributed by atoms with Crippen molar-refractivity contribution >= 4 is 11.7 Å². The largest absolute Gasteiger partial charge is 0.409 e. The molecule has 7 heteroatoms. The molecule has 0 atom stereocenters. The molecular formula is C12H21N5O2. The van der Waals surface area contributed by atoms with Gasteiger partial charge in [0.25, 0.3) is 5.91 Å². The van der Waals surface area contributed by atoms with Crippen molar-refractivity contribution in [2.75, 3.05) is 6.54 Å². The van der Waals surface area contributed by atoms with Gasteiger partial charge >= 0.3 is 0 Å². The van der Waals surface area contributed by atoms with E-state index in [1.54, 1.807) is 32.5 Å². The van der Waals surface area contributed by atoms with Crippen molar-refractivity contribution in [1.29, 1.82) is 0 Å². The van der Waals surface area contributed by atoms with E-state index < -0.39 is 5.41 Å². The molecule has 0 radical (unpaired) electrons. The van der Waals surface area contributed by atoms with E-state index in [2.05, 4.69) is 15.6 Å². The van der Waals surface area contributed by atoms with Crippen molar-refractivity contribution in [3.63, 3.8) is 0 Å². The number of hydrogen-bond acceptors (Lipinski definition) is 4. The summed E-state index contributed by atoms with van der Waals surface area (Å²) in [6, 6.07) is 0. The molecule has 7 nitrogen and oxygen atoms in total. The Hall–Kier alpha value is -2.05. The average molecular weight is 267 g/mol. The fourth-order valence-corrected chi connectivity index (χ4v) is 1.72. The fourth-order valence-electron chi connectivity index (χ4n) is 1.72. The smallest absolute Gasteiger partial charge is 0.255 e. The zero-order valence-corrected chi connectivity index (χ0v) is 12.0. The van der Waals surface area contributed by atoms with Gasteiger partial charge in [0.15, 0.2) is 0 Å². The van der Waals surface area contributed by atoms with Crippen molar-refractivity contribution < 1.29 is 10.0 Å². The molecule has 0 spiro atoms. The minimum Gasteiger partial charge on any atom is -0.409 e. The maximum atomic E-state index is 12.1. The van der Waals surface area contributed by atoms with Gasteiger partial charge < -0.3 is 16.3 Å². The number of aryl methyl sites for hydroxylation is 2. The SMILES string of the molecule is Cc1nn(C)c(C)c1C(=O)NCC(C)(C)C(N)=NO. The highest BCUT2D eigenvalue weighted by Crippen LogP contribution is 2.15. The summed E-state index contributed by atoms with van der Waals surface area (Å²) in [5.41, 5.74) is 7.00. The Balaban J connectivity index is 2.82. The molecule has 0 saturated carbocycles. The van der Waals surface area contributed by atoms with Crippen molar-refractivity contribution in [1.82, 2.24) is 15.1 Å². The first-order valence-corrected chi connectivity index (χ1v) is 5.97. The van der Waals surface area contributed by atoms with Gasteiger partial charge in [-0.2, -0.15) is 5.10 Å². The van der Waals surface area contributed by atoms with E-state index >= 15 is 0 Å². The van der Waals surface area contributed by atoms with Crippen LogP contribution in [0.15, 0.2) is 5.16 Å². The van der Waals surface area contributed by atoms with E-state index in [0.29, 0.717) is 11.3 Å². The van der Waals surface area contributed by atoms with Crippen molar-refractivity contribution in [3.8, 4) is 0 Å². The van der Waals surface area contributed by atoms with Gasteiger partial charge in [0.05, 0.1) is 11.3 Å². The van der Waals surface area contributed by atoms with Crippen molar-refractivity contribution in [2.45, 2.75) is 27.7 Å². The molecule has 1 aromatic rings. The number of carbonyl (C=O) groups excluding carboxylic acids is 1. The molecule has 1 aromatic heterocycles. The second-order valence-electron chi connectivity index (χ2n) is 5.22. The number of nitrogens with two attached hydrogens (primary N) is 1. The Morgan fingerprint density at radius 1 is 1.53 bits per heavy atom. The number of hydrogen-bond donors (Lipinski definition) is 3. The van der Waals surface area contributed by atoms with Crippen LogP contribution in [0, 0.1) is 19.3 Å². The zero-order valence-electron chi connectivity index (χ0n) is 12.0. The molecule has 1 heterocycles. The van der Waals surface area contributed by atoms with Gasteiger partial charge in [-0.3, -0.25) is 9.48 Å². The fraction of sp³-hybridized carbons (Fsp3) is 0.583. The Morgan fingerprint density at radius 2 is 2.11 bits per heavy atom. The van der Waals surface area contributed by atoms with Gasteiger partial charge in [0.1, 0.15) is 5.84 Å². The van der Waals surface area contributed by atoms with Crippen LogP contribution in [0.5, 0.6) is 0 Å². The summed E-state index contributed by atoms with van der Waals surface area (Å²) in [6.45, 7) is 7.46. The van der Waals surface area contributed by atoms with Crippen molar-refractivity contribution in [3.05, 3.63) is 17.0 Å². The van der Waals surface area contributed by atoms with Crippen LogP contribution in [0.4, 0.5) is 0 Å². The third kappa shape index (κ3) is 3.04. The summed E-state index contributed by atoms with van der Waals surface area (Å²) in [5, 5.41) is 18.6. The standard InChI is InChI=1S/C12H21N5O2/c1-7-9(8(2)17(5)15-7)10(18)14-6-12(3,4)11(13)16-19/h19H,6H2,1-5H3,(H2,13,16)(H,14,18). The van der Waals surface area contributed by atoms with Crippen LogP contribution in [-0.4, -0.2) is 33.3 Å². The Kier molecular flexibility index (Phi) is 4.18. The molecule has 19 heavy (non-hydrogen) atoms. The van der Waals surface area contributed by atoms with Gasteiger partial charge in [-0.1, -0.05) is 19.0 Å². The molecule has 0 unspecified atom stereocenters. The third-order valence-electron chi connectivity index (χ3n) is 3.23. The number of nitrogens with one attached hydrogen (secondary N) is 1. The number of oxime groups is 1. The second kappa shape index (κ2) is 5.29. The highest BCUT2D eigenvalue weighted by molar-refractivity contribution is 5.97. The molecule has 106 valence electrons. The highest BCUT2D eigenvalue weighted by Gasteiger charge is 2.26. The van der Waals surface area contributed by atoms with E-state index in [4.69, 9.17) is 10.9 Å². The number of nitrogens with zero attached hydrogens (tertiary/aromatic N) is 3. The quantitative estimate of drug-likeness (QED) is 0.320. The van der Waals surface area contributed by atoms with Crippen LogP contribution in [0.2, 0.25) is 0 Å². The summed E-state index contributed by atoms with van der Waals surface area (Å²) >= 11 is 0. The average Bonchev–Trinajstić information content (AvgIpc) is 2.59. The van der Waals surface area contributed by atoms with Crippen LogP contribution in [-0.2, 0) is 7.05 Å². The van der Waals surface area contributed by atoms with Crippen LogP contribution in [0.3, 0.4) is 0 Å². The Labute approximate surface area is 112 Å². The topological polar surface area (TPSA) is 106 Å². The van der Waals surface area contributed by atoms with E-state index in [1.807, 2.05) is 6.92 Å². The summed E-state index contributed by atoms with van der Waals surface area (Å²) in [5.74, 6) is -0.130. The summed E-state index contributed by atoms with van der Waals surface area (Å²) < 4.78 is 1.67. The molecule has 0 fully saturated rings. The predicted molar refractivity (Wildman–Crippen MR) is 72.2 cm³/mol. The lowest BCUT2D eigenvalue weighted by Gasteiger charge is -2.23. The van der Waals surface area contributed by atoms with E-state index in [9.17, 15) is 4.79 Å². The molecule has 0 aliphatic rings. The summed E-state index contributed by atoms with van der Waals surface area (Å²) in [4.78, 5) is 12.1. The number of aromatic nitrogens is 2. The van der Waals surface area contributed by atoms with Crippen molar-refractivity contribution in [2.24, 2.45) is 23.4 Å². The highest BCUT2D eigenvalue weighted by atomic mass is 16.4. The van der Waals surface area contributed by atoms with E-state index in [-0.39, 0.29) is 18.3 Å². The lowest BCUT2D eigenvalue weighted by Crippen LogP contribution is -2.42. The maximum absolute atomic E-state index is 12.1. The monoisotopic (exact) mass is 267 g/mol. The first-order valence-electron chi connectivity index (χ1n) is 5.97. The summed E-state index contributed by atoms with van der Waals surface area (Å²) in [6.07, 6.45) is 0. The van der Waals surface area contributed by atoms with Gasteiger partial charge in [-0.05, 0) is 13.8 Å². The number of amides is 1. The molecule has 0 aromatic carbocycles. The molecule has 0 saturated heterocycles. The van der Waals surface area contributed by atoms with E-state index in [1.165, 1.54) is 0 Å². The van der Waals surface area contributed by atoms with Gasteiger partial charge in [-0.15, -0.1) is 0 Å². The minimum absolute atomic E-state index is 0.0763. The van der Waals surface area contributed by atoms with Crippen LogP contribution in [0.1, 0.15) is 35.6 Å². The Bertz CT molecular complexity index is 516. The zero-order chi connectivity index (χ0) is 14.8. The number of amidine groups is 1. The molecular weight excluding hydrogens is 246 g/mol. The molecule has 1 amide bonds. The first-order chi connectivity index (χ1) is 8.70. The third-order valence-corrected chi connectivity index (χ3v) is 3.23. The molecule has 0 bridgehead atoms. The normalized spacial score (nSPS) is 12.6. The molecule has 0 aliphatic carbocycles. The predicted octanol–water partition coefficient (Wildman–Crippen LogP) is 0.539. The maximum Gasteiger partial charge on any atom is 0.255 e. The first kappa shape index (κ1) is 15.0. The second-order valence-corrected chi connectivity index (χ2v) is 5.22. The van der Waals surface area contributed by atoms with Crippen LogP contribution >= 0.6 is 0 Å². The van der Waals surface area contributed by atoms with Gasteiger partial charge in [0, 0.05) is 24.7 Å². The van der Waals surface area contributed by atoms with Gasteiger partial charge in [0.2, 0.25) is 0 Å². The van der Waals surface area contributed by atoms with Gasteiger partial charge in [-0.25, -0.2) is 0 Å². The molecule has 1 rings (SSSR count). The lowest BCUT2D eigenvalue weighted by atomic mass is 9.92. The number of carbonyl (C=O) groups is 1.